The molecule has 4 aromatic rings. The number of aldehydes is 1. The fourth-order valence-electron chi connectivity index (χ4n) is 5.07. The maximum absolute atomic E-state index is 12.7. The molecule has 5 rings (SSSR count). The molecule has 0 radical (unpaired) electrons. The topological polar surface area (TPSA) is 102 Å². The number of fused-ring (bicyclic) bond motifs is 1. The minimum Gasteiger partial charge on any atom is -0.496 e. The molecule has 1 aliphatic heterocycles. The fourth-order valence-corrected chi connectivity index (χ4v) is 6.02. The van der Waals surface area contributed by atoms with Crippen molar-refractivity contribution in [3.8, 4) is 5.75 Å². The van der Waals surface area contributed by atoms with Gasteiger partial charge < -0.3 is 20.1 Å². The van der Waals surface area contributed by atoms with Crippen molar-refractivity contribution < 1.29 is 36.6 Å². The first-order chi connectivity index (χ1) is 22.4. The average Bonchev–Trinajstić information content (AvgIpc) is 3.45. The van der Waals surface area contributed by atoms with E-state index in [9.17, 15) is 27.2 Å². The highest BCUT2D eigenvalue weighted by Gasteiger charge is 2.34. The normalized spacial score (nSPS) is 15.9. The van der Waals surface area contributed by atoms with Gasteiger partial charge >= 0.3 is 6.18 Å². The summed E-state index contributed by atoms with van der Waals surface area (Å²) in [6.45, 7) is 8.43. The number of nitrogens with one attached hydrogen (secondary N) is 2. The molecule has 1 amide bonds. The third-order valence-electron chi connectivity index (χ3n) is 7.51. The minimum atomic E-state index is -4.64. The molecule has 1 aliphatic rings. The SMILES string of the molecule is CCCC1COCC(CC)C1.CNc1ccc(F)c(C(F)(F)F)c1.COc1ccc2nc(C)sc2c1C(=O)Nc1cnccc1C=O. The van der Waals surface area contributed by atoms with Crippen molar-refractivity contribution in [2.45, 2.75) is 52.6 Å². The number of benzene rings is 2. The lowest BCUT2D eigenvalue weighted by molar-refractivity contribution is -0.139. The quantitative estimate of drug-likeness (QED) is 0.142. The van der Waals surface area contributed by atoms with Crippen LogP contribution in [0, 0.1) is 24.6 Å². The van der Waals surface area contributed by atoms with E-state index < -0.39 is 17.6 Å². The van der Waals surface area contributed by atoms with Crippen LogP contribution in [0.5, 0.6) is 5.75 Å². The molecule has 2 aromatic carbocycles. The van der Waals surface area contributed by atoms with Crippen LogP contribution >= 0.6 is 11.3 Å². The number of carbonyl (C=O) groups is 2. The molecule has 2 atom stereocenters. The molecular weight excluding hydrogens is 636 g/mol. The Morgan fingerprint density at radius 2 is 1.89 bits per heavy atom. The second-order valence-electron chi connectivity index (χ2n) is 10.9. The summed E-state index contributed by atoms with van der Waals surface area (Å²) < 4.78 is 60.5. The van der Waals surface area contributed by atoms with Gasteiger partial charge in [-0.05, 0) is 68.0 Å². The molecule has 0 saturated carbocycles. The monoisotopic (exact) mass is 676 g/mol. The number of ether oxygens (including phenoxy) is 2. The van der Waals surface area contributed by atoms with Gasteiger partial charge in [-0.25, -0.2) is 9.37 Å². The maximum atomic E-state index is 12.7. The summed E-state index contributed by atoms with van der Waals surface area (Å²) in [4.78, 5) is 32.1. The first-order valence-electron chi connectivity index (χ1n) is 15.2. The third-order valence-corrected chi connectivity index (χ3v) is 8.52. The van der Waals surface area contributed by atoms with Gasteiger partial charge in [-0.2, -0.15) is 13.2 Å². The number of aryl methyl sites for hydroxylation is 1. The molecule has 2 aromatic heterocycles. The lowest BCUT2D eigenvalue weighted by atomic mass is 9.89. The van der Waals surface area contributed by atoms with E-state index in [-0.39, 0.29) is 11.6 Å². The van der Waals surface area contributed by atoms with E-state index in [1.54, 1.807) is 6.07 Å². The van der Waals surface area contributed by atoms with Crippen molar-refractivity contribution in [3.63, 3.8) is 0 Å². The van der Waals surface area contributed by atoms with Crippen LogP contribution < -0.4 is 15.4 Å². The van der Waals surface area contributed by atoms with Crippen LogP contribution in [0.3, 0.4) is 0 Å². The zero-order valence-electron chi connectivity index (χ0n) is 27.0. The van der Waals surface area contributed by atoms with Gasteiger partial charge in [0.15, 0.2) is 6.29 Å². The first kappa shape index (κ1) is 37.4. The fraction of sp³-hybridized carbons (Fsp3) is 0.412. The van der Waals surface area contributed by atoms with Gasteiger partial charge in [0.25, 0.3) is 5.91 Å². The van der Waals surface area contributed by atoms with Crippen LogP contribution in [0.4, 0.5) is 28.9 Å². The van der Waals surface area contributed by atoms with Crippen molar-refractivity contribution >= 4 is 45.1 Å². The Bertz CT molecular complexity index is 1630. The molecule has 1 saturated heterocycles. The van der Waals surface area contributed by atoms with Gasteiger partial charge in [0.2, 0.25) is 0 Å². The Morgan fingerprint density at radius 1 is 1.15 bits per heavy atom. The van der Waals surface area contributed by atoms with Gasteiger partial charge in [-0.15, -0.1) is 11.3 Å². The number of aromatic nitrogens is 2. The van der Waals surface area contributed by atoms with Crippen LogP contribution in [-0.2, 0) is 10.9 Å². The average molecular weight is 677 g/mol. The number of rotatable bonds is 8. The van der Waals surface area contributed by atoms with Crippen molar-refractivity contribution in [3.05, 3.63) is 76.3 Å². The van der Waals surface area contributed by atoms with E-state index >= 15 is 0 Å². The predicted molar refractivity (Wildman–Crippen MR) is 177 cm³/mol. The summed E-state index contributed by atoms with van der Waals surface area (Å²) in [5.41, 5.74) is 0.831. The van der Waals surface area contributed by atoms with Crippen LogP contribution in [0.15, 0.2) is 48.8 Å². The van der Waals surface area contributed by atoms with Crippen LogP contribution in [-0.4, -0.2) is 49.5 Å². The molecular formula is C34H40F4N4O4S. The molecule has 2 unspecified atom stereocenters. The Morgan fingerprint density at radius 3 is 2.53 bits per heavy atom. The van der Waals surface area contributed by atoms with Gasteiger partial charge in [0, 0.05) is 37.7 Å². The molecule has 2 N–H and O–H groups in total. The Kier molecular flexibility index (Phi) is 14.1. The molecule has 13 heteroatoms. The van der Waals surface area contributed by atoms with E-state index in [1.807, 2.05) is 13.0 Å². The summed E-state index contributed by atoms with van der Waals surface area (Å²) in [5, 5.41) is 6.08. The number of anilines is 2. The summed E-state index contributed by atoms with van der Waals surface area (Å²) in [6.07, 6.45) is 4.33. The number of alkyl halides is 3. The number of halogens is 4. The van der Waals surface area contributed by atoms with E-state index in [0.717, 1.165) is 52.4 Å². The first-order valence-corrected chi connectivity index (χ1v) is 16.0. The van der Waals surface area contributed by atoms with Crippen LogP contribution in [0.1, 0.15) is 70.8 Å². The van der Waals surface area contributed by atoms with Crippen molar-refractivity contribution in [1.82, 2.24) is 9.97 Å². The highest BCUT2D eigenvalue weighted by atomic mass is 32.1. The Hall–Kier alpha value is -4.10. The lowest BCUT2D eigenvalue weighted by Crippen LogP contribution is -2.24. The number of amides is 1. The van der Waals surface area contributed by atoms with Crippen molar-refractivity contribution in [2.75, 3.05) is 38.0 Å². The highest BCUT2D eigenvalue weighted by molar-refractivity contribution is 7.19. The number of pyridine rings is 1. The second kappa shape index (κ2) is 17.7. The third kappa shape index (κ3) is 10.4. The summed E-state index contributed by atoms with van der Waals surface area (Å²) in [6, 6.07) is 7.82. The van der Waals surface area contributed by atoms with Crippen LogP contribution in [0.2, 0.25) is 0 Å². The number of methoxy groups -OCH3 is 1. The molecule has 0 bridgehead atoms. The number of hydrogen-bond acceptors (Lipinski definition) is 8. The molecule has 0 spiro atoms. The van der Waals surface area contributed by atoms with E-state index in [0.29, 0.717) is 28.8 Å². The molecule has 8 nitrogen and oxygen atoms in total. The summed E-state index contributed by atoms with van der Waals surface area (Å²) in [5.74, 6) is 0.535. The number of nitrogens with zero attached hydrogens (tertiary/aromatic N) is 2. The summed E-state index contributed by atoms with van der Waals surface area (Å²) in [7, 11) is 2.97. The minimum absolute atomic E-state index is 0.230. The van der Waals surface area contributed by atoms with Crippen molar-refractivity contribution in [1.29, 1.82) is 0 Å². The molecule has 1 fully saturated rings. The van der Waals surface area contributed by atoms with E-state index in [4.69, 9.17) is 9.47 Å². The van der Waals surface area contributed by atoms with E-state index in [1.165, 1.54) is 75.7 Å². The number of hydrogen-bond donors (Lipinski definition) is 2. The van der Waals surface area contributed by atoms with E-state index in [2.05, 4.69) is 34.4 Å². The molecule has 3 heterocycles. The van der Waals surface area contributed by atoms with Crippen molar-refractivity contribution in [2.24, 2.45) is 11.8 Å². The lowest BCUT2D eigenvalue weighted by Gasteiger charge is -2.28. The number of thiazole rings is 1. The van der Waals surface area contributed by atoms with Gasteiger partial charge in [0.05, 0.1) is 39.8 Å². The maximum Gasteiger partial charge on any atom is 0.419 e. The molecule has 0 aliphatic carbocycles. The highest BCUT2D eigenvalue weighted by Crippen LogP contribution is 2.34. The number of carbonyl (C=O) groups excluding carboxylic acids is 2. The van der Waals surface area contributed by atoms with Gasteiger partial charge in [0.1, 0.15) is 17.1 Å². The largest absolute Gasteiger partial charge is 0.496 e. The standard InChI is InChI=1S/C16H13N3O3S.C10H20O.C8H7F4N/c1-9-18-11-3-4-13(22-2)14(15(11)23-9)16(21)19-12-7-17-6-5-10(12)8-20;1-3-5-10-6-9(4-2)7-11-8-10;1-13-5-2-3-7(9)6(4-5)8(10,11)12/h3-8H,1-2H3,(H,19,21);9-10H,3-8H2,1-2H3;2-4,13H,1H3. The van der Waals surface area contributed by atoms with Crippen LogP contribution in [0.25, 0.3) is 10.2 Å². The molecule has 254 valence electrons. The Balaban J connectivity index is 0.000000212. The smallest absolute Gasteiger partial charge is 0.419 e. The second-order valence-corrected chi connectivity index (χ2v) is 12.1. The zero-order valence-corrected chi connectivity index (χ0v) is 27.9. The summed E-state index contributed by atoms with van der Waals surface area (Å²) >= 11 is 1.42. The zero-order chi connectivity index (χ0) is 34.6. The predicted octanol–water partition coefficient (Wildman–Crippen LogP) is 8.81. The van der Waals surface area contributed by atoms with Gasteiger partial charge in [-0.3, -0.25) is 14.6 Å². The molecule has 47 heavy (non-hydrogen) atoms. The Labute approximate surface area is 275 Å². The van der Waals surface area contributed by atoms with Gasteiger partial charge in [-0.1, -0.05) is 26.7 Å².